The number of carbonyl (C=O) groups is 2. The van der Waals surface area contributed by atoms with Crippen molar-refractivity contribution >= 4 is 40.4 Å². The maximum absolute atomic E-state index is 13.9. The Morgan fingerprint density at radius 1 is 1.00 bits per heavy atom. The van der Waals surface area contributed by atoms with Gasteiger partial charge >= 0.3 is 5.91 Å². The van der Waals surface area contributed by atoms with Crippen LogP contribution in [0.1, 0.15) is 26.1 Å². The summed E-state index contributed by atoms with van der Waals surface area (Å²) in [5.41, 5.74) is 1.31. The highest BCUT2D eigenvalue weighted by atomic mass is 35.5. The van der Waals surface area contributed by atoms with Crippen molar-refractivity contribution in [3.8, 4) is 22.4 Å². The van der Waals surface area contributed by atoms with E-state index < -0.39 is 11.5 Å². The van der Waals surface area contributed by atoms with Crippen LogP contribution in [-0.4, -0.2) is 46.0 Å². The number of halogens is 1. The fourth-order valence-corrected chi connectivity index (χ4v) is 5.25. The van der Waals surface area contributed by atoms with E-state index in [-0.39, 0.29) is 29.5 Å². The van der Waals surface area contributed by atoms with Gasteiger partial charge in [0.2, 0.25) is 5.78 Å². The zero-order valence-corrected chi connectivity index (χ0v) is 23.1. The highest BCUT2D eigenvalue weighted by Crippen LogP contribution is 2.31. The number of Topliss-reactive ketones (excluding diaryl/α,β-unsaturated/α-hetero) is 1. The molecule has 1 N–H and O–H groups in total. The molecule has 0 aliphatic carbocycles. The molecule has 0 saturated carbocycles. The number of ketones is 1. The number of hydrogen-bond donors (Lipinski definition) is 1. The Labute approximate surface area is 246 Å². The molecule has 0 spiro atoms. The van der Waals surface area contributed by atoms with Crippen LogP contribution in [0.15, 0.2) is 95.3 Å². The molecular weight excluding hydrogens is 580 g/mol. The molecule has 0 aliphatic heterocycles. The van der Waals surface area contributed by atoms with Crippen molar-refractivity contribution in [3.05, 3.63) is 117 Å². The van der Waals surface area contributed by atoms with Crippen LogP contribution >= 0.6 is 22.9 Å². The third-order valence-corrected chi connectivity index (χ3v) is 7.39. The van der Waals surface area contributed by atoms with Crippen LogP contribution in [0, 0.1) is 0 Å². The number of aromatic nitrogens is 7. The summed E-state index contributed by atoms with van der Waals surface area (Å²) in [5.74, 6) is -0.787. The minimum Gasteiger partial charge on any atom is -0.441 e. The lowest BCUT2D eigenvalue weighted by Crippen LogP contribution is -2.26. The summed E-state index contributed by atoms with van der Waals surface area (Å²) in [6.45, 7) is 0.119. The van der Waals surface area contributed by atoms with Gasteiger partial charge in [0.15, 0.2) is 0 Å². The second-order valence-electron chi connectivity index (χ2n) is 8.82. The van der Waals surface area contributed by atoms with Gasteiger partial charge in [-0.3, -0.25) is 24.4 Å². The Morgan fingerprint density at radius 2 is 1.86 bits per heavy atom. The predicted octanol–water partition coefficient (Wildman–Crippen LogP) is 4.45. The first-order valence-electron chi connectivity index (χ1n) is 12.4. The molecule has 42 heavy (non-hydrogen) atoms. The summed E-state index contributed by atoms with van der Waals surface area (Å²) in [7, 11) is 0. The summed E-state index contributed by atoms with van der Waals surface area (Å²) < 4.78 is 8.29. The van der Waals surface area contributed by atoms with E-state index in [9.17, 15) is 14.4 Å². The van der Waals surface area contributed by atoms with Crippen LogP contribution in [0.5, 0.6) is 0 Å². The van der Waals surface area contributed by atoms with Crippen LogP contribution in [0.25, 0.3) is 22.4 Å². The number of pyridine rings is 2. The monoisotopic (exact) mass is 598 g/mol. The van der Waals surface area contributed by atoms with Gasteiger partial charge in [-0.15, -0.1) is 11.3 Å². The van der Waals surface area contributed by atoms with E-state index in [1.807, 2.05) is 6.07 Å². The number of thiophene rings is 1. The lowest BCUT2D eigenvalue weighted by molar-refractivity contribution is 0.0912. The van der Waals surface area contributed by atoms with Crippen molar-refractivity contribution in [2.75, 3.05) is 5.32 Å². The smallest absolute Gasteiger partial charge is 0.335 e. The molecule has 0 aromatic carbocycles. The largest absolute Gasteiger partial charge is 0.441 e. The van der Waals surface area contributed by atoms with E-state index in [1.165, 1.54) is 53.2 Å². The fraction of sp³-hybridized carbons (Fsp3) is 0.0714. The van der Waals surface area contributed by atoms with Crippen LogP contribution in [0.4, 0.5) is 5.82 Å². The predicted molar refractivity (Wildman–Crippen MR) is 154 cm³/mol. The van der Waals surface area contributed by atoms with Gasteiger partial charge in [0.05, 0.1) is 41.1 Å². The number of oxazole rings is 1. The molecule has 0 saturated heterocycles. The lowest BCUT2D eigenvalue weighted by atomic mass is 10.00. The first-order chi connectivity index (χ1) is 20.5. The van der Waals surface area contributed by atoms with Crippen molar-refractivity contribution in [2.45, 2.75) is 13.1 Å². The van der Waals surface area contributed by atoms with Gasteiger partial charge in [0.1, 0.15) is 17.8 Å². The lowest BCUT2D eigenvalue weighted by Gasteiger charge is -2.12. The van der Waals surface area contributed by atoms with E-state index in [1.54, 1.807) is 42.7 Å². The van der Waals surface area contributed by atoms with Gasteiger partial charge in [-0.25, -0.2) is 9.97 Å². The van der Waals surface area contributed by atoms with Crippen molar-refractivity contribution in [1.29, 1.82) is 0 Å². The second kappa shape index (κ2) is 11.7. The van der Waals surface area contributed by atoms with Gasteiger partial charge in [-0.1, -0.05) is 11.6 Å². The molecule has 0 fully saturated rings. The molecule has 6 rings (SSSR count). The first kappa shape index (κ1) is 26.9. The maximum atomic E-state index is 13.9. The van der Waals surface area contributed by atoms with Crippen molar-refractivity contribution < 1.29 is 14.0 Å². The minimum absolute atomic E-state index is 0.144. The number of hydrogen-bond acceptors (Lipinski definition) is 11. The topological polar surface area (TPSA) is 151 Å². The molecule has 12 nitrogen and oxygen atoms in total. The molecule has 6 aromatic heterocycles. The molecule has 0 aliphatic rings. The van der Waals surface area contributed by atoms with Gasteiger partial charge in [-0.2, -0.15) is 9.78 Å². The van der Waals surface area contributed by atoms with Gasteiger partial charge in [0, 0.05) is 47.5 Å². The molecule has 6 heterocycles. The molecule has 0 radical (unpaired) electrons. The van der Waals surface area contributed by atoms with Crippen LogP contribution in [0.2, 0.25) is 4.34 Å². The minimum atomic E-state index is -0.605. The van der Waals surface area contributed by atoms with Crippen LogP contribution in [-0.2, 0) is 13.1 Å². The Kier molecular flexibility index (Phi) is 7.49. The van der Waals surface area contributed by atoms with E-state index >= 15 is 0 Å². The highest BCUT2D eigenvalue weighted by molar-refractivity contribution is 7.16. The Balaban J connectivity index is 1.44. The van der Waals surface area contributed by atoms with Crippen LogP contribution < -0.4 is 10.9 Å². The van der Waals surface area contributed by atoms with E-state index in [0.717, 1.165) is 9.56 Å². The first-order valence-corrected chi connectivity index (χ1v) is 13.6. The SMILES string of the molecule is O=C(Cn1ccc(-c2cc(NCc3ccc(Cl)s3)n(C(=O)c3ncco3)n2)c(-c2ccncc2)c1=O)c1cnccn1. The summed E-state index contributed by atoms with van der Waals surface area (Å²) in [5, 5.41) is 7.77. The average Bonchev–Trinajstić information content (AvgIpc) is 3.79. The molecule has 0 atom stereocenters. The Morgan fingerprint density at radius 3 is 2.57 bits per heavy atom. The molecule has 0 bridgehead atoms. The maximum Gasteiger partial charge on any atom is 0.335 e. The molecule has 208 valence electrons. The quantitative estimate of drug-likeness (QED) is 0.236. The molecule has 14 heteroatoms. The second-order valence-corrected chi connectivity index (χ2v) is 10.6. The number of nitrogens with zero attached hydrogens (tertiary/aromatic N) is 7. The summed E-state index contributed by atoms with van der Waals surface area (Å²) >= 11 is 7.48. The third kappa shape index (κ3) is 5.50. The van der Waals surface area contributed by atoms with Gasteiger partial charge in [0.25, 0.3) is 11.4 Å². The Bertz CT molecular complexity index is 1940. The summed E-state index contributed by atoms with van der Waals surface area (Å²) in [6.07, 6.45) is 11.5. The zero-order chi connectivity index (χ0) is 29.1. The standard InChI is InChI=1S/C28H19ClN8O4S/c29-23-2-1-18(42-23)14-34-24-13-20(35-37(24)28(40)26-33-10-12-41-26)19-5-11-36(16-22(38)21-15-31-8-9-32-21)27(39)25(19)17-3-6-30-7-4-17/h1-13,15,34H,14,16H2. The third-order valence-electron chi connectivity index (χ3n) is 6.16. The summed E-state index contributed by atoms with van der Waals surface area (Å²) in [6, 6.07) is 10.4. The van der Waals surface area contributed by atoms with E-state index in [4.69, 9.17) is 16.0 Å². The average molecular weight is 599 g/mol. The molecule has 0 unspecified atom stereocenters. The van der Waals surface area contributed by atoms with E-state index in [2.05, 4.69) is 30.4 Å². The molecule has 6 aromatic rings. The van der Waals surface area contributed by atoms with Crippen LogP contribution in [0.3, 0.4) is 0 Å². The van der Waals surface area contributed by atoms with Crippen molar-refractivity contribution in [2.24, 2.45) is 0 Å². The number of nitrogens with one attached hydrogen (secondary N) is 1. The van der Waals surface area contributed by atoms with Gasteiger partial charge in [-0.05, 0) is 35.9 Å². The number of anilines is 1. The number of carbonyl (C=O) groups excluding carboxylic acids is 2. The van der Waals surface area contributed by atoms with E-state index in [0.29, 0.717) is 33.5 Å². The summed E-state index contributed by atoms with van der Waals surface area (Å²) in [4.78, 5) is 56.9. The zero-order valence-electron chi connectivity index (χ0n) is 21.5. The van der Waals surface area contributed by atoms with Gasteiger partial charge < -0.3 is 14.3 Å². The molecular formula is C28H19ClN8O4S. The molecule has 0 amide bonds. The Hall–Kier alpha value is -5.27. The number of rotatable bonds is 9. The van der Waals surface area contributed by atoms with Crippen molar-refractivity contribution in [3.63, 3.8) is 0 Å². The normalized spacial score (nSPS) is 11.0. The fourth-order valence-electron chi connectivity index (χ4n) is 4.23. The highest BCUT2D eigenvalue weighted by Gasteiger charge is 2.24. The van der Waals surface area contributed by atoms with Crippen molar-refractivity contribution in [1.82, 2.24) is 34.3 Å².